The summed E-state index contributed by atoms with van der Waals surface area (Å²) in [6.07, 6.45) is 0. The first kappa shape index (κ1) is 22.6. The van der Waals surface area contributed by atoms with E-state index in [1.54, 1.807) is 74.5 Å². The van der Waals surface area contributed by atoms with Crippen LogP contribution in [0.15, 0.2) is 66.4 Å². The zero-order valence-electron chi connectivity index (χ0n) is 16.6. The van der Waals surface area contributed by atoms with Gasteiger partial charge < -0.3 is 19.1 Å². The van der Waals surface area contributed by atoms with Crippen molar-refractivity contribution in [2.75, 3.05) is 20.3 Å². The van der Waals surface area contributed by atoms with Gasteiger partial charge in [0, 0.05) is 5.56 Å². The van der Waals surface area contributed by atoms with E-state index in [1.807, 2.05) is 0 Å². The maximum absolute atomic E-state index is 13.6. The molecular formula is C21H24NO6P. The van der Waals surface area contributed by atoms with Gasteiger partial charge in [-0.25, -0.2) is 4.79 Å². The number of hydrogen-bond donors (Lipinski definition) is 1. The normalized spacial score (nSPS) is 12.1. The van der Waals surface area contributed by atoms with Crippen molar-refractivity contribution >= 4 is 24.8 Å². The van der Waals surface area contributed by atoms with Gasteiger partial charge in [-0.3, -0.25) is 9.36 Å². The van der Waals surface area contributed by atoms with Gasteiger partial charge in [-0.05, 0) is 31.5 Å². The van der Waals surface area contributed by atoms with E-state index in [0.717, 1.165) is 0 Å². The van der Waals surface area contributed by atoms with E-state index in [4.69, 9.17) is 13.8 Å². The number of benzene rings is 2. The van der Waals surface area contributed by atoms with E-state index in [2.05, 4.69) is 5.32 Å². The first-order valence-electron chi connectivity index (χ1n) is 9.10. The Labute approximate surface area is 170 Å². The average Bonchev–Trinajstić information content (AvgIpc) is 2.74. The van der Waals surface area contributed by atoms with Crippen LogP contribution in [-0.2, 0) is 23.1 Å². The molecule has 0 saturated carbocycles. The van der Waals surface area contributed by atoms with Crippen molar-refractivity contribution in [2.24, 2.45) is 0 Å². The van der Waals surface area contributed by atoms with Crippen molar-refractivity contribution in [3.8, 4) is 0 Å². The lowest BCUT2D eigenvalue weighted by Crippen LogP contribution is -2.29. The molecule has 0 spiro atoms. The minimum Gasteiger partial charge on any atom is -0.464 e. The summed E-state index contributed by atoms with van der Waals surface area (Å²) in [5.74, 6) is -1.42. The van der Waals surface area contributed by atoms with Gasteiger partial charge in [0.15, 0.2) is 0 Å². The maximum atomic E-state index is 13.6. The summed E-state index contributed by atoms with van der Waals surface area (Å²) in [4.78, 5) is 25.4. The molecule has 8 heteroatoms. The molecule has 0 fully saturated rings. The van der Waals surface area contributed by atoms with Crippen molar-refractivity contribution < 1.29 is 27.9 Å². The summed E-state index contributed by atoms with van der Waals surface area (Å²) < 4.78 is 29.4. The van der Waals surface area contributed by atoms with Gasteiger partial charge in [-0.2, -0.15) is 0 Å². The molecule has 0 unspecified atom stereocenters. The third-order valence-electron chi connectivity index (χ3n) is 3.82. The predicted molar refractivity (Wildman–Crippen MR) is 110 cm³/mol. The number of carbonyl (C=O) groups is 2. The molecule has 0 aromatic heterocycles. The second-order valence-corrected chi connectivity index (χ2v) is 7.69. The Morgan fingerprint density at radius 1 is 0.862 bits per heavy atom. The van der Waals surface area contributed by atoms with Gasteiger partial charge in [0.1, 0.15) is 11.0 Å². The molecule has 0 heterocycles. The van der Waals surface area contributed by atoms with Crippen LogP contribution in [0, 0.1) is 0 Å². The van der Waals surface area contributed by atoms with Crippen molar-refractivity contribution in [3.63, 3.8) is 0 Å². The molecule has 7 nitrogen and oxygen atoms in total. The lowest BCUT2D eigenvalue weighted by atomic mass is 10.1. The van der Waals surface area contributed by atoms with Gasteiger partial charge >= 0.3 is 13.6 Å². The number of methoxy groups -OCH3 is 1. The van der Waals surface area contributed by atoms with Crippen LogP contribution in [0.5, 0.6) is 0 Å². The zero-order chi connectivity index (χ0) is 21.3. The molecule has 0 aliphatic carbocycles. The minimum absolute atomic E-state index is 0.0575. The monoisotopic (exact) mass is 417 g/mol. The van der Waals surface area contributed by atoms with E-state index in [0.29, 0.717) is 11.1 Å². The van der Waals surface area contributed by atoms with Crippen molar-refractivity contribution in [2.45, 2.75) is 13.8 Å². The Kier molecular flexibility index (Phi) is 8.34. The summed E-state index contributed by atoms with van der Waals surface area (Å²) in [6.45, 7) is 3.48. The highest BCUT2D eigenvalue weighted by Crippen LogP contribution is 2.61. The number of rotatable bonds is 9. The molecule has 29 heavy (non-hydrogen) atoms. The number of esters is 1. The maximum Gasteiger partial charge on any atom is 0.364 e. The van der Waals surface area contributed by atoms with E-state index < -0.39 is 19.5 Å². The number of nitrogens with one attached hydrogen (secondary N) is 1. The molecule has 2 aromatic carbocycles. The Balaban J connectivity index is 2.71. The Morgan fingerprint density at radius 2 is 1.34 bits per heavy atom. The Morgan fingerprint density at radius 3 is 1.79 bits per heavy atom. The van der Waals surface area contributed by atoms with Crippen molar-refractivity contribution in [1.82, 2.24) is 5.32 Å². The highest BCUT2D eigenvalue weighted by atomic mass is 31.2. The number of ether oxygens (including phenoxy) is 1. The van der Waals surface area contributed by atoms with Crippen LogP contribution in [0.2, 0.25) is 0 Å². The fraction of sp³-hybridized carbons (Fsp3) is 0.238. The van der Waals surface area contributed by atoms with E-state index in [-0.39, 0.29) is 24.2 Å². The molecule has 0 atom stereocenters. The predicted octanol–water partition coefficient (Wildman–Crippen LogP) is 4.22. The van der Waals surface area contributed by atoms with Crippen LogP contribution in [0.3, 0.4) is 0 Å². The molecule has 0 bridgehead atoms. The van der Waals surface area contributed by atoms with Gasteiger partial charge in [-0.1, -0.05) is 48.5 Å². The molecule has 0 radical (unpaired) electrons. The van der Waals surface area contributed by atoms with Gasteiger partial charge in [0.25, 0.3) is 5.91 Å². The van der Waals surface area contributed by atoms with Crippen LogP contribution in [0.4, 0.5) is 0 Å². The van der Waals surface area contributed by atoms with Gasteiger partial charge in [-0.15, -0.1) is 0 Å². The van der Waals surface area contributed by atoms with E-state index in [1.165, 1.54) is 7.11 Å². The first-order chi connectivity index (χ1) is 14.0. The SMILES string of the molecule is CCOP(=O)(OCC)/C(=C(\NC(=O)c1ccccc1)C(=O)OC)c1ccccc1. The molecule has 0 aliphatic heterocycles. The highest BCUT2D eigenvalue weighted by molar-refractivity contribution is 7.65. The third-order valence-corrected chi connectivity index (χ3v) is 6.05. The molecule has 2 rings (SSSR count). The fourth-order valence-corrected chi connectivity index (χ4v) is 4.52. The summed E-state index contributed by atoms with van der Waals surface area (Å²) in [7, 11) is -2.79. The first-order valence-corrected chi connectivity index (χ1v) is 10.6. The fourth-order valence-electron chi connectivity index (χ4n) is 2.63. The van der Waals surface area contributed by atoms with Crippen LogP contribution in [0.25, 0.3) is 5.31 Å². The molecule has 1 N–H and O–H groups in total. The third kappa shape index (κ3) is 5.64. The van der Waals surface area contributed by atoms with Crippen LogP contribution < -0.4 is 5.32 Å². The molecule has 2 aromatic rings. The van der Waals surface area contributed by atoms with Crippen LogP contribution >= 0.6 is 7.60 Å². The van der Waals surface area contributed by atoms with E-state index in [9.17, 15) is 14.2 Å². The number of hydrogen-bond acceptors (Lipinski definition) is 6. The topological polar surface area (TPSA) is 90.9 Å². The lowest BCUT2D eigenvalue weighted by molar-refractivity contribution is -0.136. The molecular weight excluding hydrogens is 393 g/mol. The number of carbonyl (C=O) groups excluding carboxylic acids is 2. The average molecular weight is 417 g/mol. The summed E-state index contributed by atoms with van der Waals surface area (Å²) in [6, 6.07) is 16.8. The van der Waals surface area contributed by atoms with Crippen molar-refractivity contribution in [3.05, 3.63) is 77.5 Å². The lowest BCUT2D eigenvalue weighted by Gasteiger charge is -2.23. The smallest absolute Gasteiger partial charge is 0.364 e. The largest absolute Gasteiger partial charge is 0.464 e. The summed E-state index contributed by atoms with van der Waals surface area (Å²) >= 11 is 0. The minimum atomic E-state index is -3.96. The molecule has 0 saturated heterocycles. The second kappa shape index (κ2) is 10.7. The van der Waals surface area contributed by atoms with Crippen molar-refractivity contribution in [1.29, 1.82) is 0 Å². The molecule has 1 amide bonds. The Hall–Kier alpha value is -2.73. The highest BCUT2D eigenvalue weighted by Gasteiger charge is 2.37. The van der Waals surface area contributed by atoms with Gasteiger partial charge in [0.2, 0.25) is 0 Å². The molecule has 154 valence electrons. The number of amides is 1. The quantitative estimate of drug-likeness (QED) is 0.373. The second-order valence-electron chi connectivity index (χ2n) is 5.73. The Bertz CT molecular complexity index is 901. The molecule has 0 aliphatic rings. The standard InChI is InChI=1S/C21H24NO6P/c1-4-27-29(25,28-5-2)19(16-12-8-6-9-13-16)18(21(24)26-3)22-20(23)17-14-10-7-11-15-17/h6-15H,4-5H2,1-3H3,(H,22,23)/b19-18-. The summed E-state index contributed by atoms with van der Waals surface area (Å²) in [5.41, 5.74) is 0.438. The van der Waals surface area contributed by atoms with Crippen LogP contribution in [0.1, 0.15) is 29.8 Å². The van der Waals surface area contributed by atoms with E-state index >= 15 is 0 Å². The van der Waals surface area contributed by atoms with Crippen LogP contribution in [-0.4, -0.2) is 32.2 Å². The summed E-state index contributed by atoms with van der Waals surface area (Å²) in [5, 5.41) is 2.48. The zero-order valence-corrected chi connectivity index (χ0v) is 17.5. The van der Waals surface area contributed by atoms with Gasteiger partial charge in [0.05, 0.1) is 20.3 Å².